The number of carbonyl (C=O) groups is 3. The maximum absolute atomic E-state index is 12.5. The van der Waals surface area contributed by atoms with Gasteiger partial charge in [-0.1, -0.05) is 38.6 Å². The highest BCUT2D eigenvalue weighted by molar-refractivity contribution is 5.84. The second-order valence-corrected chi connectivity index (χ2v) is 9.22. The Labute approximate surface area is 220 Å². The molecule has 4 N–H and O–H groups in total. The predicted molar refractivity (Wildman–Crippen MR) is 145 cm³/mol. The van der Waals surface area contributed by atoms with Crippen LogP contribution >= 0.6 is 0 Å². The molecule has 1 aliphatic rings. The second kappa shape index (κ2) is 15.4. The Morgan fingerprint density at radius 3 is 2.59 bits per heavy atom. The SMILES string of the molecule is C=C1C/C=C/C(=C/O)c2cc(ccc2OCCNC(=O)OC(C)(C)C)CC(C=O)NC(=O)[C@H](C)N1.CC. The van der Waals surface area contributed by atoms with Crippen molar-refractivity contribution in [2.45, 2.75) is 72.1 Å². The van der Waals surface area contributed by atoms with E-state index in [2.05, 4.69) is 22.5 Å². The van der Waals surface area contributed by atoms with Gasteiger partial charge in [0.2, 0.25) is 5.91 Å². The van der Waals surface area contributed by atoms with Gasteiger partial charge in [0.15, 0.2) is 0 Å². The molecule has 1 aliphatic heterocycles. The fraction of sp³-hybridized carbons (Fsp3) is 0.464. The Hall–Kier alpha value is -3.75. The first-order valence-corrected chi connectivity index (χ1v) is 12.5. The molecule has 2 rings (SSSR count). The summed E-state index contributed by atoms with van der Waals surface area (Å²) in [4.78, 5) is 35.9. The molecule has 0 aliphatic carbocycles. The van der Waals surface area contributed by atoms with Gasteiger partial charge in [-0.2, -0.15) is 0 Å². The summed E-state index contributed by atoms with van der Waals surface area (Å²) in [5, 5.41) is 18.3. The molecule has 0 saturated carbocycles. The molecule has 37 heavy (non-hydrogen) atoms. The number of carbonyl (C=O) groups excluding carboxylic acids is 3. The summed E-state index contributed by atoms with van der Waals surface area (Å²) in [5.74, 6) is 0.173. The average molecular weight is 516 g/mol. The summed E-state index contributed by atoms with van der Waals surface area (Å²) in [6.07, 6.45) is 5.35. The van der Waals surface area contributed by atoms with Gasteiger partial charge in [0.1, 0.15) is 30.3 Å². The minimum atomic E-state index is -0.724. The molecule has 1 aromatic carbocycles. The van der Waals surface area contributed by atoms with Gasteiger partial charge < -0.3 is 35.3 Å². The zero-order valence-electron chi connectivity index (χ0n) is 22.7. The number of aldehydes is 1. The molecule has 0 aromatic heterocycles. The minimum Gasteiger partial charge on any atom is -0.515 e. The Balaban J connectivity index is 0.00000334. The van der Waals surface area contributed by atoms with Crippen LogP contribution in [0.15, 0.2) is 48.9 Å². The molecule has 2 amide bonds. The average Bonchev–Trinajstić information content (AvgIpc) is 2.84. The molecule has 9 heteroatoms. The molecule has 0 saturated heterocycles. The number of allylic oxidation sites excluding steroid dienone is 3. The number of hydrogen-bond donors (Lipinski definition) is 4. The summed E-state index contributed by atoms with van der Waals surface area (Å²) < 4.78 is 11.1. The first kappa shape index (κ1) is 31.3. The van der Waals surface area contributed by atoms with Crippen molar-refractivity contribution in [1.29, 1.82) is 0 Å². The van der Waals surface area contributed by atoms with E-state index in [-0.39, 0.29) is 25.5 Å². The van der Waals surface area contributed by atoms with Gasteiger partial charge in [-0.3, -0.25) is 4.79 Å². The lowest BCUT2D eigenvalue weighted by atomic mass is 9.98. The number of rotatable bonds is 5. The third kappa shape index (κ3) is 11.2. The predicted octanol–water partition coefficient (Wildman–Crippen LogP) is 4.19. The maximum atomic E-state index is 12.5. The molecule has 1 heterocycles. The summed E-state index contributed by atoms with van der Waals surface area (Å²) >= 11 is 0. The number of nitrogens with one attached hydrogen (secondary N) is 3. The standard InChI is InChI=1S/C26H35N3O6.C2H6/c1-17-7-6-8-20(15-30)22-14-19(13-21(16-31)29-24(32)18(2)28-17)9-10-23(22)34-12-11-27-25(33)35-26(3,4)5;1-2/h6,8-10,14-16,18,21,28,30H,1,7,11-13H2,2-5H3,(H,27,33)(H,29,32);1-2H3/b8-6+,20-15-;/t18-,21?;/m0./s1. The molecular formula is C28H41N3O6. The summed E-state index contributed by atoms with van der Waals surface area (Å²) in [6, 6.07) is 4.03. The topological polar surface area (TPSA) is 126 Å². The zero-order chi connectivity index (χ0) is 28.0. The van der Waals surface area contributed by atoms with Crippen LogP contribution in [0.2, 0.25) is 0 Å². The Morgan fingerprint density at radius 1 is 1.27 bits per heavy atom. The highest BCUT2D eigenvalue weighted by atomic mass is 16.6. The zero-order valence-corrected chi connectivity index (χ0v) is 22.7. The normalized spacial score (nSPS) is 20.2. The van der Waals surface area contributed by atoms with Crippen LogP contribution in [0, 0.1) is 0 Å². The lowest BCUT2D eigenvalue weighted by Crippen LogP contribution is -2.47. The van der Waals surface area contributed by atoms with Crippen LogP contribution in [-0.4, -0.2) is 54.2 Å². The lowest BCUT2D eigenvalue weighted by Gasteiger charge is -2.21. The molecule has 2 bridgehead atoms. The first-order chi connectivity index (χ1) is 17.5. The molecule has 1 unspecified atom stereocenters. The van der Waals surface area contributed by atoms with Crippen LogP contribution in [0.4, 0.5) is 4.79 Å². The first-order valence-electron chi connectivity index (χ1n) is 12.5. The Bertz CT molecular complexity index is 994. The Kier molecular flexibility index (Phi) is 13.0. The maximum Gasteiger partial charge on any atom is 0.407 e. The highest BCUT2D eigenvalue weighted by Crippen LogP contribution is 2.29. The van der Waals surface area contributed by atoms with Gasteiger partial charge in [-0.05, 0) is 51.8 Å². The van der Waals surface area contributed by atoms with Crippen molar-refractivity contribution >= 4 is 23.9 Å². The molecule has 9 nitrogen and oxygen atoms in total. The van der Waals surface area contributed by atoms with Gasteiger partial charge in [-0.25, -0.2) is 4.79 Å². The minimum absolute atomic E-state index is 0.166. The number of benzene rings is 1. The number of fused-ring (bicyclic) bond motifs is 2. The highest BCUT2D eigenvalue weighted by Gasteiger charge is 2.20. The van der Waals surface area contributed by atoms with Crippen LogP contribution in [0.3, 0.4) is 0 Å². The van der Waals surface area contributed by atoms with Crippen LogP contribution in [0.1, 0.15) is 59.1 Å². The van der Waals surface area contributed by atoms with E-state index >= 15 is 0 Å². The van der Waals surface area contributed by atoms with Crippen LogP contribution in [-0.2, 0) is 20.7 Å². The van der Waals surface area contributed by atoms with Crippen molar-refractivity contribution in [3.8, 4) is 5.75 Å². The van der Waals surface area contributed by atoms with E-state index in [0.29, 0.717) is 35.3 Å². The smallest absolute Gasteiger partial charge is 0.407 e. The number of alkyl carbamates (subject to hydrolysis) is 1. The fourth-order valence-electron chi connectivity index (χ4n) is 3.34. The van der Waals surface area contributed by atoms with Crippen molar-refractivity contribution in [3.05, 3.63) is 60.0 Å². The second-order valence-electron chi connectivity index (χ2n) is 9.22. The number of aliphatic hydroxyl groups excluding tert-OH is 1. The van der Waals surface area contributed by atoms with Crippen molar-refractivity contribution in [1.82, 2.24) is 16.0 Å². The Morgan fingerprint density at radius 2 is 1.97 bits per heavy atom. The van der Waals surface area contributed by atoms with Gasteiger partial charge in [0.25, 0.3) is 0 Å². The lowest BCUT2D eigenvalue weighted by molar-refractivity contribution is -0.125. The number of amides is 2. The van der Waals surface area contributed by atoms with E-state index in [1.54, 1.807) is 52.0 Å². The molecule has 1 aromatic rings. The van der Waals surface area contributed by atoms with Crippen molar-refractivity contribution < 1.29 is 29.0 Å². The van der Waals surface area contributed by atoms with E-state index in [1.807, 2.05) is 19.9 Å². The van der Waals surface area contributed by atoms with Gasteiger partial charge in [0.05, 0.1) is 18.8 Å². The third-order valence-corrected chi connectivity index (χ3v) is 4.95. The van der Waals surface area contributed by atoms with E-state index in [1.165, 1.54) is 0 Å². The number of aliphatic hydroxyl groups is 1. The number of hydrogen-bond acceptors (Lipinski definition) is 7. The van der Waals surface area contributed by atoms with Crippen LogP contribution in [0.5, 0.6) is 5.75 Å². The van der Waals surface area contributed by atoms with Crippen molar-refractivity contribution in [2.24, 2.45) is 0 Å². The summed E-state index contributed by atoms with van der Waals surface area (Å²) in [7, 11) is 0. The molecule has 0 spiro atoms. The fourth-order valence-corrected chi connectivity index (χ4v) is 3.34. The van der Waals surface area contributed by atoms with E-state index in [4.69, 9.17) is 9.47 Å². The number of ether oxygens (including phenoxy) is 2. The monoisotopic (exact) mass is 515 g/mol. The van der Waals surface area contributed by atoms with E-state index in [9.17, 15) is 19.5 Å². The summed E-state index contributed by atoms with van der Waals surface area (Å²) in [5.41, 5.74) is 1.87. The van der Waals surface area contributed by atoms with Gasteiger partial charge >= 0.3 is 6.09 Å². The molecule has 204 valence electrons. The van der Waals surface area contributed by atoms with Gasteiger partial charge in [-0.15, -0.1) is 0 Å². The van der Waals surface area contributed by atoms with Crippen molar-refractivity contribution in [2.75, 3.05) is 13.2 Å². The molecule has 2 atom stereocenters. The molecular weight excluding hydrogens is 474 g/mol. The largest absolute Gasteiger partial charge is 0.515 e. The van der Waals surface area contributed by atoms with Crippen LogP contribution < -0.4 is 20.7 Å². The summed E-state index contributed by atoms with van der Waals surface area (Å²) in [6.45, 7) is 15.3. The van der Waals surface area contributed by atoms with Gasteiger partial charge in [0, 0.05) is 23.3 Å². The van der Waals surface area contributed by atoms with E-state index < -0.39 is 23.8 Å². The van der Waals surface area contributed by atoms with Crippen LogP contribution in [0.25, 0.3) is 5.57 Å². The molecule has 0 fully saturated rings. The van der Waals surface area contributed by atoms with Crippen molar-refractivity contribution in [3.63, 3.8) is 0 Å². The van der Waals surface area contributed by atoms with E-state index in [0.717, 1.165) is 11.8 Å². The molecule has 0 radical (unpaired) electrons. The third-order valence-electron chi connectivity index (χ3n) is 4.95. The quantitative estimate of drug-likeness (QED) is 0.263.